The van der Waals surface area contributed by atoms with Crippen molar-refractivity contribution in [2.75, 3.05) is 6.54 Å². The summed E-state index contributed by atoms with van der Waals surface area (Å²) in [7, 11) is 0. The average molecular weight is 406 g/mol. The Bertz CT molecular complexity index is 511. The number of aldehydes is 1. The second kappa shape index (κ2) is 13.0. The van der Waals surface area contributed by atoms with Crippen LogP contribution in [0.3, 0.4) is 0 Å². The van der Waals surface area contributed by atoms with Gasteiger partial charge in [0.05, 0.1) is 4.47 Å². The SMILES string of the molecule is NC1CCCCC1.NCC(N)C(=O)O.O=Cc1ccc(F)c(Br)c1. The topological polar surface area (TPSA) is 132 Å². The Labute approximate surface area is 149 Å². The normalized spacial score (nSPS) is 15.2. The molecule has 0 spiro atoms. The molecule has 6 nitrogen and oxygen atoms in total. The van der Waals surface area contributed by atoms with E-state index in [4.69, 9.17) is 22.3 Å². The molecule has 7 N–H and O–H groups in total. The molecule has 1 unspecified atom stereocenters. The van der Waals surface area contributed by atoms with Gasteiger partial charge < -0.3 is 22.3 Å². The van der Waals surface area contributed by atoms with Gasteiger partial charge in [-0.2, -0.15) is 0 Å². The molecule has 2 rings (SSSR count). The molecular formula is C16H25BrFN3O3. The van der Waals surface area contributed by atoms with Crippen LogP contribution in [0.25, 0.3) is 0 Å². The summed E-state index contributed by atoms with van der Waals surface area (Å²) in [5, 5.41) is 7.98. The van der Waals surface area contributed by atoms with Crippen molar-refractivity contribution in [1.82, 2.24) is 0 Å². The summed E-state index contributed by atoms with van der Waals surface area (Å²) in [6, 6.07) is 3.73. The second-order valence-electron chi connectivity index (χ2n) is 5.37. The summed E-state index contributed by atoms with van der Waals surface area (Å²) in [5.74, 6) is -1.41. The van der Waals surface area contributed by atoms with Crippen LogP contribution < -0.4 is 17.2 Å². The number of carboxylic acids is 1. The van der Waals surface area contributed by atoms with Crippen LogP contribution in [0.1, 0.15) is 42.5 Å². The van der Waals surface area contributed by atoms with E-state index in [-0.39, 0.29) is 12.4 Å². The molecule has 1 aliphatic rings. The number of carboxylic acid groups (broad SMARTS) is 1. The van der Waals surface area contributed by atoms with Crippen molar-refractivity contribution in [3.8, 4) is 0 Å². The van der Waals surface area contributed by atoms with Gasteiger partial charge in [-0.1, -0.05) is 19.3 Å². The van der Waals surface area contributed by atoms with Crippen LogP contribution in [0.4, 0.5) is 4.39 Å². The highest BCUT2D eigenvalue weighted by molar-refractivity contribution is 9.10. The molecule has 24 heavy (non-hydrogen) atoms. The van der Waals surface area contributed by atoms with E-state index in [1.165, 1.54) is 50.3 Å². The number of benzene rings is 1. The van der Waals surface area contributed by atoms with Crippen LogP contribution in [-0.2, 0) is 4.79 Å². The predicted molar refractivity (Wildman–Crippen MR) is 95.2 cm³/mol. The van der Waals surface area contributed by atoms with Crippen molar-refractivity contribution >= 4 is 28.2 Å². The second-order valence-corrected chi connectivity index (χ2v) is 6.22. The summed E-state index contributed by atoms with van der Waals surface area (Å²) in [6.45, 7) is -0.00463. The Kier molecular flexibility index (Phi) is 12.3. The number of aliphatic carboxylic acids is 1. The van der Waals surface area contributed by atoms with Crippen molar-refractivity contribution in [3.63, 3.8) is 0 Å². The monoisotopic (exact) mass is 405 g/mol. The fraction of sp³-hybridized carbons (Fsp3) is 0.500. The number of nitrogens with two attached hydrogens (primary N) is 3. The number of carbonyl (C=O) groups is 2. The van der Waals surface area contributed by atoms with Crippen molar-refractivity contribution in [3.05, 3.63) is 34.1 Å². The van der Waals surface area contributed by atoms with Crippen LogP contribution >= 0.6 is 15.9 Å². The van der Waals surface area contributed by atoms with Gasteiger partial charge >= 0.3 is 5.97 Å². The van der Waals surface area contributed by atoms with Crippen molar-refractivity contribution in [2.24, 2.45) is 17.2 Å². The van der Waals surface area contributed by atoms with Crippen molar-refractivity contribution < 1.29 is 19.1 Å². The smallest absolute Gasteiger partial charge is 0.321 e. The number of carbonyl (C=O) groups excluding carboxylic acids is 1. The van der Waals surface area contributed by atoms with E-state index >= 15 is 0 Å². The molecule has 0 saturated heterocycles. The first kappa shape index (κ1) is 22.6. The fourth-order valence-corrected chi connectivity index (χ4v) is 2.22. The minimum absolute atomic E-state index is 0.00463. The van der Waals surface area contributed by atoms with Crippen LogP contribution in [0, 0.1) is 5.82 Å². The Balaban J connectivity index is 0.000000340. The van der Waals surface area contributed by atoms with Gasteiger partial charge in [-0.15, -0.1) is 0 Å². The molecule has 0 aliphatic heterocycles. The number of rotatable bonds is 3. The molecular weight excluding hydrogens is 381 g/mol. The summed E-state index contributed by atoms with van der Waals surface area (Å²) >= 11 is 2.95. The number of hydrogen-bond acceptors (Lipinski definition) is 5. The van der Waals surface area contributed by atoms with Crippen LogP contribution in [-0.4, -0.2) is 36.0 Å². The molecule has 0 aromatic heterocycles. The Morgan fingerprint density at radius 1 is 1.38 bits per heavy atom. The quantitative estimate of drug-likeness (QED) is 0.568. The zero-order valence-electron chi connectivity index (χ0n) is 13.5. The highest BCUT2D eigenvalue weighted by Gasteiger charge is 2.06. The third-order valence-corrected chi connectivity index (χ3v) is 3.91. The molecule has 1 aromatic rings. The summed E-state index contributed by atoms with van der Waals surface area (Å²) < 4.78 is 12.8. The molecule has 8 heteroatoms. The van der Waals surface area contributed by atoms with E-state index in [0.717, 1.165) is 0 Å². The van der Waals surface area contributed by atoms with Crippen LogP contribution in [0.2, 0.25) is 0 Å². The highest BCUT2D eigenvalue weighted by Crippen LogP contribution is 2.15. The van der Waals surface area contributed by atoms with Crippen molar-refractivity contribution in [1.29, 1.82) is 0 Å². The molecule has 1 atom stereocenters. The highest BCUT2D eigenvalue weighted by atomic mass is 79.9. The molecule has 1 aliphatic carbocycles. The third kappa shape index (κ3) is 10.4. The largest absolute Gasteiger partial charge is 0.480 e. The Morgan fingerprint density at radius 2 is 1.96 bits per heavy atom. The molecule has 1 aromatic carbocycles. The maximum atomic E-state index is 12.5. The first-order chi connectivity index (χ1) is 11.3. The van der Waals surface area contributed by atoms with Gasteiger partial charge in [0.1, 0.15) is 18.1 Å². The molecule has 0 heterocycles. The van der Waals surface area contributed by atoms with E-state index in [9.17, 15) is 14.0 Å². The van der Waals surface area contributed by atoms with Gasteiger partial charge in [-0.05, 0) is 47.0 Å². The first-order valence-electron chi connectivity index (χ1n) is 7.66. The van der Waals surface area contributed by atoms with Gasteiger partial charge in [0.15, 0.2) is 0 Å². The average Bonchev–Trinajstić information content (AvgIpc) is 2.58. The fourth-order valence-electron chi connectivity index (χ4n) is 1.82. The minimum Gasteiger partial charge on any atom is -0.480 e. The van der Waals surface area contributed by atoms with Gasteiger partial charge in [0.2, 0.25) is 0 Å². The predicted octanol–water partition coefficient (Wildman–Crippen LogP) is 2.04. The van der Waals surface area contributed by atoms with Crippen molar-refractivity contribution in [2.45, 2.75) is 44.2 Å². The van der Waals surface area contributed by atoms with E-state index in [0.29, 0.717) is 22.4 Å². The molecule has 0 amide bonds. The van der Waals surface area contributed by atoms with Gasteiger partial charge in [-0.3, -0.25) is 9.59 Å². The van der Waals surface area contributed by atoms with E-state index in [2.05, 4.69) is 15.9 Å². The number of halogens is 2. The summed E-state index contributed by atoms with van der Waals surface area (Å²) in [6.07, 6.45) is 7.33. The molecule has 136 valence electrons. The minimum atomic E-state index is -1.05. The Morgan fingerprint density at radius 3 is 2.25 bits per heavy atom. The molecule has 1 saturated carbocycles. The molecule has 1 fully saturated rings. The van der Waals surface area contributed by atoms with Gasteiger partial charge in [0, 0.05) is 18.2 Å². The lowest BCUT2D eigenvalue weighted by atomic mass is 9.97. The first-order valence-corrected chi connectivity index (χ1v) is 8.45. The van der Waals surface area contributed by atoms with Crippen LogP contribution in [0.15, 0.2) is 22.7 Å². The van der Waals surface area contributed by atoms with Crippen LogP contribution in [0.5, 0.6) is 0 Å². The van der Waals surface area contributed by atoms with E-state index < -0.39 is 12.0 Å². The lowest BCUT2D eigenvalue weighted by Crippen LogP contribution is -2.37. The number of hydrogen-bond donors (Lipinski definition) is 4. The lowest BCUT2D eigenvalue weighted by molar-refractivity contribution is -0.138. The summed E-state index contributed by atoms with van der Waals surface area (Å²) in [4.78, 5) is 19.9. The standard InChI is InChI=1S/C7H4BrFO.C6H13N.C3H8N2O2/c8-6-3-5(4-10)1-2-7(6)9;7-6-4-2-1-3-5-6;4-1-2(5)3(6)7/h1-4H;6H,1-5,7H2;2H,1,4-5H2,(H,6,7). The van der Waals surface area contributed by atoms with Gasteiger partial charge in [0.25, 0.3) is 0 Å². The van der Waals surface area contributed by atoms with E-state index in [1.807, 2.05) is 0 Å². The molecule has 0 bridgehead atoms. The lowest BCUT2D eigenvalue weighted by Gasteiger charge is -2.15. The maximum Gasteiger partial charge on any atom is 0.321 e. The van der Waals surface area contributed by atoms with E-state index in [1.54, 1.807) is 0 Å². The third-order valence-electron chi connectivity index (χ3n) is 3.30. The zero-order valence-corrected chi connectivity index (χ0v) is 15.0. The zero-order chi connectivity index (χ0) is 18.5. The summed E-state index contributed by atoms with van der Waals surface area (Å²) in [5.41, 5.74) is 15.9. The maximum absolute atomic E-state index is 12.5. The van der Waals surface area contributed by atoms with Gasteiger partial charge in [-0.25, -0.2) is 4.39 Å². The Hall–Kier alpha value is -1.35. The molecule has 0 radical (unpaired) electrons.